The Hall–Kier alpha value is -2.78. The minimum absolute atomic E-state index is 0.00299. The Bertz CT molecular complexity index is 971. The zero-order valence-electron chi connectivity index (χ0n) is 15.6. The number of fused-ring (bicyclic) bond motifs is 2. The molecule has 8 nitrogen and oxygen atoms in total. The van der Waals surface area contributed by atoms with Crippen molar-refractivity contribution in [2.24, 2.45) is 0 Å². The Balaban J connectivity index is 1.42. The van der Waals surface area contributed by atoms with Crippen LogP contribution in [0.1, 0.15) is 10.4 Å². The fraction of sp³-hybridized carbons (Fsp3) is 0.350. The summed E-state index contributed by atoms with van der Waals surface area (Å²) in [4.78, 5) is 42.2. The molecule has 0 radical (unpaired) electrons. The molecule has 0 aliphatic carbocycles. The van der Waals surface area contributed by atoms with E-state index in [0.29, 0.717) is 30.1 Å². The fourth-order valence-electron chi connectivity index (χ4n) is 4.02. The van der Waals surface area contributed by atoms with Crippen LogP contribution in [0.25, 0.3) is 11.3 Å². The molecule has 0 spiro atoms. The molecule has 1 aromatic heterocycles. The lowest BCUT2D eigenvalue weighted by Gasteiger charge is -2.40. The van der Waals surface area contributed by atoms with Crippen LogP contribution < -0.4 is 10.6 Å². The number of piperazine rings is 1. The first-order valence-electron chi connectivity index (χ1n) is 9.51. The van der Waals surface area contributed by atoms with Crippen molar-refractivity contribution >= 4 is 35.2 Å². The van der Waals surface area contributed by atoms with Crippen molar-refractivity contribution < 1.29 is 18.8 Å². The van der Waals surface area contributed by atoms with Gasteiger partial charge in [0.15, 0.2) is 0 Å². The van der Waals surface area contributed by atoms with Crippen LogP contribution in [0.4, 0.5) is 5.69 Å². The second kappa shape index (κ2) is 7.23. The first-order chi connectivity index (χ1) is 14.1. The van der Waals surface area contributed by atoms with Gasteiger partial charge >= 0.3 is 0 Å². The Morgan fingerprint density at radius 1 is 1.21 bits per heavy atom. The van der Waals surface area contributed by atoms with Gasteiger partial charge in [-0.05, 0) is 30.3 Å². The third-order valence-electron chi connectivity index (χ3n) is 5.58. The predicted molar refractivity (Wildman–Crippen MR) is 108 cm³/mol. The maximum Gasteiger partial charge on any atom is 0.256 e. The van der Waals surface area contributed by atoms with Crippen LogP contribution in [0.5, 0.6) is 0 Å². The standard InChI is InChI=1S/C20H20N4O4S/c25-18-16-9-23(20(27)15-10-29-11-21-15)5-6-24(16)19(26)13-8-12(3-4-14(13)22-18)17-2-1-7-28-17/h1-4,7-8,15-16,21H,5-6,9-11H2,(H,22,25)/t15-,16-/m1/s1. The molecule has 4 heterocycles. The minimum atomic E-state index is -0.700. The van der Waals surface area contributed by atoms with E-state index in [1.807, 2.05) is 12.1 Å². The lowest BCUT2D eigenvalue weighted by Crippen LogP contribution is -2.61. The van der Waals surface area contributed by atoms with Crippen LogP contribution in [0.3, 0.4) is 0 Å². The second-order valence-electron chi connectivity index (χ2n) is 7.30. The molecule has 3 aliphatic rings. The maximum atomic E-state index is 13.3. The first-order valence-corrected chi connectivity index (χ1v) is 10.7. The highest BCUT2D eigenvalue weighted by molar-refractivity contribution is 7.99. The van der Waals surface area contributed by atoms with Gasteiger partial charge in [-0.15, -0.1) is 11.8 Å². The van der Waals surface area contributed by atoms with Crippen molar-refractivity contribution in [1.82, 2.24) is 15.1 Å². The quantitative estimate of drug-likeness (QED) is 0.770. The van der Waals surface area contributed by atoms with Gasteiger partial charge in [0, 0.05) is 30.3 Å². The van der Waals surface area contributed by atoms with E-state index >= 15 is 0 Å². The molecule has 2 saturated heterocycles. The van der Waals surface area contributed by atoms with Crippen LogP contribution in [0.15, 0.2) is 41.0 Å². The summed E-state index contributed by atoms with van der Waals surface area (Å²) in [6.07, 6.45) is 1.58. The highest BCUT2D eigenvalue weighted by Crippen LogP contribution is 2.30. The maximum absolute atomic E-state index is 13.3. The zero-order chi connectivity index (χ0) is 20.0. The molecule has 0 bridgehead atoms. The molecule has 2 atom stereocenters. The van der Waals surface area contributed by atoms with E-state index in [4.69, 9.17) is 4.42 Å². The molecule has 5 rings (SSSR count). The lowest BCUT2D eigenvalue weighted by atomic mass is 10.0. The summed E-state index contributed by atoms with van der Waals surface area (Å²) in [6.45, 7) is 0.954. The number of anilines is 1. The van der Waals surface area contributed by atoms with E-state index in [1.54, 1.807) is 46.0 Å². The number of amides is 3. The van der Waals surface area contributed by atoms with Gasteiger partial charge in [-0.1, -0.05) is 0 Å². The average molecular weight is 412 g/mol. The van der Waals surface area contributed by atoms with E-state index in [-0.39, 0.29) is 30.3 Å². The van der Waals surface area contributed by atoms with Crippen LogP contribution in [0, 0.1) is 0 Å². The van der Waals surface area contributed by atoms with Gasteiger partial charge < -0.3 is 19.5 Å². The number of rotatable bonds is 2. The van der Waals surface area contributed by atoms with Crippen molar-refractivity contribution in [3.05, 3.63) is 42.2 Å². The molecule has 2 fully saturated rings. The monoisotopic (exact) mass is 412 g/mol. The predicted octanol–water partition coefficient (Wildman–Crippen LogP) is 1.21. The Kier molecular flexibility index (Phi) is 4.56. The van der Waals surface area contributed by atoms with Crippen LogP contribution in [0.2, 0.25) is 0 Å². The Labute approximate surface area is 171 Å². The Morgan fingerprint density at radius 3 is 2.86 bits per heavy atom. The number of thioether (sulfide) groups is 1. The summed E-state index contributed by atoms with van der Waals surface area (Å²) < 4.78 is 5.43. The third-order valence-corrected chi connectivity index (χ3v) is 6.52. The topological polar surface area (TPSA) is 94.9 Å². The number of carbonyl (C=O) groups is 3. The molecule has 3 aliphatic heterocycles. The Morgan fingerprint density at radius 2 is 2.10 bits per heavy atom. The highest BCUT2D eigenvalue weighted by atomic mass is 32.2. The summed E-state index contributed by atoms with van der Waals surface area (Å²) in [5, 5.41) is 6.04. The molecule has 2 N–H and O–H groups in total. The van der Waals surface area contributed by atoms with E-state index < -0.39 is 6.04 Å². The largest absolute Gasteiger partial charge is 0.464 e. The average Bonchev–Trinajstić information content (AvgIpc) is 3.45. The van der Waals surface area contributed by atoms with E-state index in [1.165, 1.54) is 0 Å². The van der Waals surface area contributed by atoms with Crippen molar-refractivity contribution in [1.29, 1.82) is 0 Å². The minimum Gasteiger partial charge on any atom is -0.464 e. The van der Waals surface area contributed by atoms with Gasteiger partial charge in [-0.2, -0.15) is 0 Å². The fourth-order valence-corrected chi connectivity index (χ4v) is 4.95. The van der Waals surface area contributed by atoms with E-state index in [0.717, 1.165) is 17.2 Å². The van der Waals surface area contributed by atoms with Gasteiger partial charge in [0.25, 0.3) is 5.91 Å². The van der Waals surface area contributed by atoms with Crippen molar-refractivity contribution in [3.8, 4) is 11.3 Å². The summed E-state index contributed by atoms with van der Waals surface area (Å²) in [6, 6.07) is 7.98. The van der Waals surface area contributed by atoms with Crippen LogP contribution in [-0.2, 0) is 9.59 Å². The van der Waals surface area contributed by atoms with Crippen molar-refractivity contribution in [2.75, 3.05) is 36.6 Å². The summed E-state index contributed by atoms with van der Waals surface area (Å²) in [7, 11) is 0. The number of hydrogen-bond donors (Lipinski definition) is 2. The first kappa shape index (κ1) is 18.3. The van der Waals surface area contributed by atoms with Crippen LogP contribution in [-0.4, -0.2) is 70.9 Å². The highest BCUT2D eigenvalue weighted by Gasteiger charge is 2.41. The lowest BCUT2D eigenvalue weighted by molar-refractivity contribution is -0.137. The third kappa shape index (κ3) is 3.20. The van der Waals surface area contributed by atoms with Gasteiger partial charge in [0.05, 0.1) is 30.1 Å². The molecule has 3 amide bonds. The number of furan rings is 1. The number of nitrogens with zero attached hydrogens (tertiary/aromatic N) is 2. The van der Waals surface area contributed by atoms with Crippen molar-refractivity contribution in [2.45, 2.75) is 12.1 Å². The molecular weight excluding hydrogens is 392 g/mol. The number of nitrogens with one attached hydrogen (secondary N) is 2. The van der Waals surface area contributed by atoms with Gasteiger partial charge in [-0.25, -0.2) is 0 Å². The number of carbonyl (C=O) groups excluding carboxylic acids is 3. The molecule has 0 saturated carbocycles. The molecule has 0 unspecified atom stereocenters. The van der Waals surface area contributed by atoms with Gasteiger partial charge in [-0.3, -0.25) is 19.7 Å². The molecule has 1 aromatic carbocycles. The van der Waals surface area contributed by atoms with Gasteiger partial charge in [0.1, 0.15) is 11.8 Å². The molecule has 2 aromatic rings. The van der Waals surface area contributed by atoms with Crippen molar-refractivity contribution in [3.63, 3.8) is 0 Å². The smallest absolute Gasteiger partial charge is 0.256 e. The molecule has 150 valence electrons. The summed E-state index contributed by atoms with van der Waals surface area (Å²) in [5.74, 6) is 1.66. The van der Waals surface area contributed by atoms with Gasteiger partial charge in [0.2, 0.25) is 11.8 Å². The zero-order valence-corrected chi connectivity index (χ0v) is 16.4. The number of hydrogen-bond acceptors (Lipinski definition) is 6. The summed E-state index contributed by atoms with van der Waals surface area (Å²) >= 11 is 1.68. The second-order valence-corrected chi connectivity index (χ2v) is 8.33. The molecule has 29 heavy (non-hydrogen) atoms. The van der Waals surface area contributed by atoms with E-state index in [9.17, 15) is 14.4 Å². The molecular formula is C20H20N4O4S. The van der Waals surface area contributed by atoms with Crippen LogP contribution >= 0.6 is 11.8 Å². The van der Waals surface area contributed by atoms with E-state index in [2.05, 4.69) is 10.6 Å². The molecule has 9 heteroatoms. The SMILES string of the molecule is O=C1Nc2ccc(-c3ccco3)cc2C(=O)N2CCN(C(=O)[C@H]3CSCN3)C[C@H]12. The normalized spacial score (nSPS) is 24.0. The number of benzene rings is 1. The summed E-state index contributed by atoms with van der Waals surface area (Å²) in [5.41, 5.74) is 1.69.